The molecule has 0 radical (unpaired) electrons. The summed E-state index contributed by atoms with van der Waals surface area (Å²) in [5, 5.41) is 2.98. The molecule has 0 unspecified atom stereocenters. The molecule has 0 aliphatic heterocycles. The molecule has 0 fully saturated rings. The van der Waals surface area contributed by atoms with Crippen LogP contribution in [-0.4, -0.2) is 25.9 Å². The van der Waals surface area contributed by atoms with E-state index < -0.39 is 11.6 Å². The van der Waals surface area contributed by atoms with Crippen molar-refractivity contribution in [2.45, 2.75) is 4.90 Å². The Labute approximate surface area is 147 Å². The van der Waals surface area contributed by atoms with Crippen molar-refractivity contribution in [1.82, 2.24) is 0 Å². The van der Waals surface area contributed by atoms with Gasteiger partial charge in [-0.1, -0.05) is 11.6 Å². The fourth-order valence-electron chi connectivity index (χ4n) is 1.86. The Balaban J connectivity index is 2.04. The number of methoxy groups -OCH3 is 2. The third kappa shape index (κ3) is 4.52. The quantitative estimate of drug-likeness (QED) is 0.764. The predicted molar refractivity (Wildman–Crippen MR) is 90.3 cm³/mol. The van der Waals surface area contributed by atoms with Gasteiger partial charge in [0.25, 0.3) is 0 Å². The van der Waals surface area contributed by atoms with Gasteiger partial charge in [-0.3, -0.25) is 4.79 Å². The van der Waals surface area contributed by atoms with Crippen molar-refractivity contribution in [1.29, 1.82) is 0 Å². The number of anilines is 1. The molecule has 2 aromatic carbocycles. The van der Waals surface area contributed by atoms with E-state index in [1.807, 2.05) is 0 Å². The van der Waals surface area contributed by atoms with Crippen LogP contribution >= 0.6 is 23.4 Å². The first-order valence-electron chi connectivity index (χ1n) is 6.73. The Morgan fingerprint density at radius 3 is 2.46 bits per heavy atom. The zero-order chi connectivity index (χ0) is 17.7. The molecule has 0 spiro atoms. The molecule has 0 saturated carbocycles. The van der Waals surface area contributed by atoms with E-state index in [1.54, 1.807) is 6.07 Å². The Kier molecular flexibility index (Phi) is 6.28. The standard InChI is InChI=1S/C16H14ClF2NO3S/c1-22-14-7-15(23-2)13(6-10(14)17)20-16(21)8-24-9-3-4-11(18)12(19)5-9/h3-7H,8H2,1-2H3,(H,20,21). The van der Waals surface area contributed by atoms with Gasteiger partial charge in [0, 0.05) is 11.0 Å². The molecule has 0 saturated heterocycles. The second-order valence-corrected chi connectivity index (χ2v) is 6.06. The van der Waals surface area contributed by atoms with Crippen LogP contribution in [0.1, 0.15) is 0 Å². The second kappa shape index (κ2) is 8.21. The lowest BCUT2D eigenvalue weighted by molar-refractivity contribution is -0.113. The Bertz CT molecular complexity index is 758. The molecule has 24 heavy (non-hydrogen) atoms. The van der Waals surface area contributed by atoms with Crippen LogP contribution in [0.4, 0.5) is 14.5 Å². The van der Waals surface area contributed by atoms with E-state index in [1.165, 1.54) is 26.4 Å². The summed E-state index contributed by atoms with van der Waals surface area (Å²) in [5.41, 5.74) is 0.388. The summed E-state index contributed by atoms with van der Waals surface area (Å²) < 4.78 is 36.3. The van der Waals surface area contributed by atoms with E-state index >= 15 is 0 Å². The number of nitrogens with one attached hydrogen (secondary N) is 1. The van der Waals surface area contributed by atoms with Crippen LogP contribution in [0.3, 0.4) is 0 Å². The molecule has 128 valence electrons. The summed E-state index contributed by atoms with van der Waals surface area (Å²) in [7, 11) is 2.92. The van der Waals surface area contributed by atoms with Crippen molar-refractivity contribution >= 4 is 35.0 Å². The summed E-state index contributed by atoms with van der Waals surface area (Å²) in [6.07, 6.45) is 0. The van der Waals surface area contributed by atoms with Gasteiger partial charge < -0.3 is 14.8 Å². The number of amides is 1. The lowest BCUT2D eigenvalue weighted by Crippen LogP contribution is -2.14. The maximum atomic E-state index is 13.1. The minimum absolute atomic E-state index is 0.0118. The number of benzene rings is 2. The molecule has 0 bridgehead atoms. The van der Waals surface area contributed by atoms with Crippen LogP contribution in [0.5, 0.6) is 11.5 Å². The SMILES string of the molecule is COc1cc(OC)c(NC(=O)CSc2ccc(F)c(F)c2)cc1Cl. The molecule has 0 aliphatic carbocycles. The van der Waals surface area contributed by atoms with Crippen LogP contribution < -0.4 is 14.8 Å². The van der Waals surface area contributed by atoms with E-state index in [2.05, 4.69) is 5.32 Å². The monoisotopic (exact) mass is 373 g/mol. The first kappa shape index (κ1) is 18.4. The first-order chi connectivity index (χ1) is 11.4. The molecule has 8 heteroatoms. The number of hydrogen-bond acceptors (Lipinski definition) is 4. The number of hydrogen-bond donors (Lipinski definition) is 1. The van der Waals surface area contributed by atoms with Gasteiger partial charge >= 0.3 is 0 Å². The highest BCUT2D eigenvalue weighted by atomic mass is 35.5. The predicted octanol–water partition coefficient (Wildman–Crippen LogP) is 4.37. The van der Waals surface area contributed by atoms with Crippen LogP contribution in [0, 0.1) is 11.6 Å². The Morgan fingerprint density at radius 2 is 1.83 bits per heavy atom. The molecular weight excluding hydrogens is 360 g/mol. The van der Waals surface area contributed by atoms with Crippen molar-refractivity contribution < 1.29 is 23.0 Å². The summed E-state index contributed by atoms with van der Waals surface area (Å²) in [6.45, 7) is 0. The number of thioether (sulfide) groups is 1. The fourth-order valence-corrected chi connectivity index (χ4v) is 2.82. The van der Waals surface area contributed by atoms with E-state index in [0.29, 0.717) is 27.1 Å². The maximum absolute atomic E-state index is 13.1. The molecule has 1 amide bonds. The largest absolute Gasteiger partial charge is 0.495 e. The number of halogens is 3. The molecule has 0 heterocycles. The highest BCUT2D eigenvalue weighted by Gasteiger charge is 2.13. The lowest BCUT2D eigenvalue weighted by Gasteiger charge is -2.13. The van der Waals surface area contributed by atoms with Crippen LogP contribution in [0.2, 0.25) is 5.02 Å². The van der Waals surface area contributed by atoms with Crippen LogP contribution in [0.15, 0.2) is 35.2 Å². The lowest BCUT2D eigenvalue weighted by atomic mass is 10.2. The Morgan fingerprint density at radius 1 is 1.12 bits per heavy atom. The average molecular weight is 374 g/mol. The topological polar surface area (TPSA) is 47.6 Å². The Hall–Kier alpha value is -1.99. The van der Waals surface area contributed by atoms with Gasteiger partial charge in [0.05, 0.1) is 30.7 Å². The summed E-state index contributed by atoms with van der Waals surface area (Å²) in [5.74, 6) is -1.41. The van der Waals surface area contributed by atoms with Crippen molar-refractivity contribution in [2.24, 2.45) is 0 Å². The zero-order valence-electron chi connectivity index (χ0n) is 12.9. The number of carbonyl (C=O) groups excluding carboxylic acids is 1. The third-order valence-electron chi connectivity index (χ3n) is 3.01. The minimum Gasteiger partial charge on any atom is -0.495 e. The molecule has 4 nitrogen and oxygen atoms in total. The van der Waals surface area contributed by atoms with Crippen LogP contribution in [0.25, 0.3) is 0 Å². The molecule has 0 aromatic heterocycles. The van der Waals surface area contributed by atoms with Gasteiger partial charge in [-0.15, -0.1) is 11.8 Å². The number of carbonyl (C=O) groups is 1. The molecule has 2 rings (SSSR count). The zero-order valence-corrected chi connectivity index (χ0v) is 14.4. The molecule has 1 N–H and O–H groups in total. The summed E-state index contributed by atoms with van der Waals surface area (Å²) in [4.78, 5) is 12.5. The number of rotatable bonds is 6. The normalized spacial score (nSPS) is 10.4. The fraction of sp³-hybridized carbons (Fsp3) is 0.188. The summed E-state index contributed by atoms with van der Waals surface area (Å²) in [6, 6.07) is 6.53. The van der Waals surface area contributed by atoms with E-state index in [0.717, 1.165) is 23.9 Å². The van der Waals surface area contributed by atoms with Gasteiger partial charge in [0.1, 0.15) is 11.5 Å². The molecule has 0 aliphatic rings. The van der Waals surface area contributed by atoms with Crippen molar-refractivity contribution in [3.63, 3.8) is 0 Å². The van der Waals surface area contributed by atoms with Gasteiger partial charge in [-0.05, 0) is 24.3 Å². The van der Waals surface area contributed by atoms with Crippen molar-refractivity contribution in [3.05, 3.63) is 47.0 Å². The second-order valence-electron chi connectivity index (χ2n) is 4.60. The first-order valence-corrected chi connectivity index (χ1v) is 8.10. The highest BCUT2D eigenvalue weighted by Crippen LogP contribution is 2.36. The van der Waals surface area contributed by atoms with Gasteiger partial charge in [-0.25, -0.2) is 8.78 Å². The third-order valence-corrected chi connectivity index (χ3v) is 4.30. The van der Waals surface area contributed by atoms with Crippen molar-refractivity contribution in [3.8, 4) is 11.5 Å². The van der Waals surface area contributed by atoms with Gasteiger partial charge in [0.15, 0.2) is 11.6 Å². The van der Waals surface area contributed by atoms with E-state index in [4.69, 9.17) is 21.1 Å². The van der Waals surface area contributed by atoms with Gasteiger partial charge in [-0.2, -0.15) is 0 Å². The van der Waals surface area contributed by atoms with Crippen molar-refractivity contribution in [2.75, 3.05) is 25.3 Å². The van der Waals surface area contributed by atoms with Crippen LogP contribution in [-0.2, 0) is 4.79 Å². The smallest absolute Gasteiger partial charge is 0.234 e. The number of ether oxygens (including phenoxy) is 2. The van der Waals surface area contributed by atoms with E-state index in [9.17, 15) is 13.6 Å². The molecule has 0 atom stereocenters. The maximum Gasteiger partial charge on any atom is 0.234 e. The van der Waals surface area contributed by atoms with E-state index in [-0.39, 0.29) is 11.7 Å². The van der Waals surface area contributed by atoms with Gasteiger partial charge in [0.2, 0.25) is 5.91 Å². The average Bonchev–Trinajstić information content (AvgIpc) is 2.56. The summed E-state index contributed by atoms with van der Waals surface area (Å²) >= 11 is 7.11. The highest BCUT2D eigenvalue weighted by molar-refractivity contribution is 8.00. The minimum atomic E-state index is -0.955. The molecule has 2 aromatic rings. The molecular formula is C16H14ClF2NO3S.